The second-order valence-corrected chi connectivity index (χ2v) is 8.17. The van der Waals surface area contributed by atoms with E-state index in [2.05, 4.69) is 10.8 Å². The molecular formula is C15H20N2O2S2. The van der Waals surface area contributed by atoms with Gasteiger partial charge in [0.2, 0.25) is 10.0 Å². The van der Waals surface area contributed by atoms with Gasteiger partial charge in [0.05, 0.1) is 16.5 Å². The minimum absolute atomic E-state index is 0.00491. The Hall–Kier alpha value is -1.03. The number of benzene rings is 1. The predicted octanol–water partition coefficient (Wildman–Crippen LogP) is 2.82. The summed E-state index contributed by atoms with van der Waals surface area (Å²) >= 11 is 1.73. The fraction of sp³-hybridized carbons (Fsp3) is 0.533. The van der Waals surface area contributed by atoms with Gasteiger partial charge in [0.15, 0.2) is 0 Å². The Morgan fingerprint density at radius 3 is 2.67 bits per heavy atom. The molecule has 1 aromatic carbocycles. The molecule has 0 radical (unpaired) electrons. The maximum absolute atomic E-state index is 12.5. The summed E-state index contributed by atoms with van der Waals surface area (Å²) in [5, 5.41) is 9.26. The van der Waals surface area contributed by atoms with E-state index in [0.29, 0.717) is 16.4 Å². The summed E-state index contributed by atoms with van der Waals surface area (Å²) in [5.74, 6) is 0. The molecule has 0 bridgehead atoms. The average molecular weight is 324 g/mol. The van der Waals surface area contributed by atoms with Gasteiger partial charge < -0.3 is 0 Å². The van der Waals surface area contributed by atoms with Crippen LogP contribution in [0.3, 0.4) is 0 Å². The highest BCUT2D eigenvalue weighted by Crippen LogP contribution is 2.28. The van der Waals surface area contributed by atoms with E-state index in [0.717, 1.165) is 19.3 Å². The predicted molar refractivity (Wildman–Crippen MR) is 85.8 cm³/mol. The van der Waals surface area contributed by atoms with Crippen LogP contribution in [-0.2, 0) is 10.0 Å². The summed E-state index contributed by atoms with van der Waals surface area (Å²) in [5.41, 5.74) is 1.19. The molecule has 21 heavy (non-hydrogen) atoms. The third kappa shape index (κ3) is 3.79. The third-order valence-electron chi connectivity index (χ3n) is 3.94. The van der Waals surface area contributed by atoms with Crippen molar-refractivity contribution in [2.75, 3.05) is 6.26 Å². The first-order valence-corrected chi connectivity index (χ1v) is 9.81. The van der Waals surface area contributed by atoms with Gasteiger partial charge in [-0.3, -0.25) is 0 Å². The molecule has 4 nitrogen and oxygen atoms in total. The normalized spacial score (nSPS) is 22.7. The van der Waals surface area contributed by atoms with Gasteiger partial charge in [0, 0.05) is 11.3 Å². The molecule has 0 saturated heterocycles. The van der Waals surface area contributed by atoms with Crippen LogP contribution in [0.1, 0.15) is 36.8 Å². The molecule has 0 aromatic heterocycles. The molecule has 6 heteroatoms. The molecule has 1 N–H and O–H groups in total. The van der Waals surface area contributed by atoms with Crippen LogP contribution in [-0.4, -0.2) is 26.0 Å². The van der Waals surface area contributed by atoms with Crippen LogP contribution in [0.5, 0.6) is 0 Å². The second kappa shape index (κ2) is 6.82. The number of nitrogens with zero attached hydrogens (tertiary/aromatic N) is 1. The molecule has 1 fully saturated rings. The number of aryl methyl sites for hydroxylation is 1. The number of nitriles is 1. The van der Waals surface area contributed by atoms with Gasteiger partial charge >= 0.3 is 0 Å². The van der Waals surface area contributed by atoms with Crippen LogP contribution in [0, 0.1) is 18.3 Å². The Balaban J connectivity index is 2.22. The van der Waals surface area contributed by atoms with Gasteiger partial charge in [-0.2, -0.15) is 17.0 Å². The Morgan fingerprint density at radius 1 is 1.33 bits per heavy atom. The lowest BCUT2D eigenvalue weighted by Gasteiger charge is -2.30. The summed E-state index contributed by atoms with van der Waals surface area (Å²) in [6.07, 6.45) is 6.21. The monoisotopic (exact) mass is 324 g/mol. The van der Waals surface area contributed by atoms with Gasteiger partial charge in [-0.1, -0.05) is 12.8 Å². The van der Waals surface area contributed by atoms with Crippen molar-refractivity contribution in [2.45, 2.75) is 48.8 Å². The van der Waals surface area contributed by atoms with E-state index in [1.807, 2.05) is 6.26 Å². The SMILES string of the molecule is CSC1CCCCC1NS(=O)(=O)c1ccc(C#N)c(C)c1. The van der Waals surface area contributed by atoms with E-state index >= 15 is 0 Å². The summed E-state index contributed by atoms with van der Waals surface area (Å²) < 4.78 is 27.9. The molecule has 0 aliphatic heterocycles. The first-order valence-electron chi connectivity index (χ1n) is 7.04. The summed E-state index contributed by atoms with van der Waals surface area (Å²) in [4.78, 5) is 0.240. The van der Waals surface area contributed by atoms with Gasteiger partial charge in [-0.25, -0.2) is 13.1 Å². The highest BCUT2D eigenvalue weighted by Gasteiger charge is 2.29. The Kier molecular flexibility index (Phi) is 5.31. The quantitative estimate of drug-likeness (QED) is 0.924. The molecule has 1 saturated carbocycles. The maximum Gasteiger partial charge on any atom is 0.240 e. The highest BCUT2D eigenvalue weighted by atomic mass is 32.2. The van der Waals surface area contributed by atoms with E-state index in [1.54, 1.807) is 30.8 Å². The summed E-state index contributed by atoms with van der Waals surface area (Å²) in [7, 11) is -3.52. The molecular weight excluding hydrogens is 304 g/mol. The molecule has 2 atom stereocenters. The van der Waals surface area contributed by atoms with Crippen molar-refractivity contribution in [2.24, 2.45) is 0 Å². The molecule has 0 heterocycles. The highest BCUT2D eigenvalue weighted by molar-refractivity contribution is 7.99. The maximum atomic E-state index is 12.5. The Bertz CT molecular complexity index is 650. The lowest BCUT2D eigenvalue weighted by molar-refractivity contribution is 0.423. The molecule has 1 aliphatic rings. The van der Waals surface area contributed by atoms with Crippen LogP contribution in [0.4, 0.5) is 0 Å². The second-order valence-electron chi connectivity index (χ2n) is 5.37. The van der Waals surface area contributed by atoms with E-state index < -0.39 is 10.0 Å². The van der Waals surface area contributed by atoms with Crippen molar-refractivity contribution in [1.82, 2.24) is 4.72 Å². The number of rotatable bonds is 4. The van der Waals surface area contributed by atoms with Crippen LogP contribution in [0.15, 0.2) is 23.1 Å². The van der Waals surface area contributed by atoms with Crippen molar-refractivity contribution < 1.29 is 8.42 Å². The van der Waals surface area contributed by atoms with E-state index in [9.17, 15) is 8.42 Å². The number of nitrogens with one attached hydrogen (secondary N) is 1. The summed E-state index contributed by atoms with van der Waals surface area (Å²) in [6, 6.07) is 6.69. The molecule has 0 amide bonds. The zero-order chi connectivity index (χ0) is 15.5. The lowest BCUT2D eigenvalue weighted by Crippen LogP contribution is -2.43. The smallest absolute Gasteiger partial charge is 0.207 e. The summed E-state index contributed by atoms with van der Waals surface area (Å²) in [6.45, 7) is 1.75. The van der Waals surface area contributed by atoms with Crippen LogP contribution >= 0.6 is 11.8 Å². The van der Waals surface area contributed by atoms with Gasteiger partial charge in [-0.15, -0.1) is 0 Å². The van der Waals surface area contributed by atoms with E-state index in [1.165, 1.54) is 12.5 Å². The molecule has 2 rings (SSSR count). The Labute approximate surface area is 131 Å². The number of hydrogen-bond acceptors (Lipinski definition) is 4. The fourth-order valence-corrected chi connectivity index (χ4v) is 5.13. The van der Waals surface area contributed by atoms with Crippen LogP contribution in [0.25, 0.3) is 0 Å². The van der Waals surface area contributed by atoms with Crippen molar-refractivity contribution in [1.29, 1.82) is 5.26 Å². The lowest BCUT2D eigenvalue weighted by atomic mass is 9.96. The van der Waals surface area contributed by atoms with Crippen LogP contribution in [0.2, 0.25) is 0 Å². The van der Waals surface area contributed by atoms with Gasteiger partial charge in [0.25, 0.3) is 0 Å². The van der Waals surface area contributed by atoms with Crippen molar-refractivity contribution in [3.63, 3.8) is 0 Å². The van der Waals surface area contributed by atoms with E-state index in [-0.39, 0.29) is 10.9 Å². The first-order chi connectivity index (χ1) is 9.97. The molecule has 2 unspecified atom stereocenters. The number of sulfonamides is 1. The minimum Gasteiger partial charge on any atom is -0.207 e. The fourth-order valence-electron chi connectivity index (χ4n) is 2.71. The zero-order valence-corrected chi connectivity index (χ0v) is 13.9. The first kappa shape index (κ1) is 16.3. The van der Waals surface area contributed by atoms with Crippen molar-refractivity contribution in [3.05, 3.63) is 29.3 Å². The van der Waals surface area contributed by atoms with Crippen LogP contribution < -0.4 is 4.72 Å². The standard InChI is InChI=1S/C15H20N2O2S2/c1-11-9-13(8-7-12(11)10-16)21(18,19)17-14-5-3-4-6-15(14)20-2/h7-9,14-15,17H,3-6H2,1-2H3. The topological polar surface area (TPSA) is 70.0 Å². The number of thioether (sulfide) groups is 1. The van der Waals surface area contributed by atoms with Gasteiger partial charge in [0.1, 0.15) is 0 Å². The largest absolute Gasteiger partial charge is 0.240 e. The minimum atomic E-state index is -3.52. The van der Waals surface area contributed by atoms with Gasteiger partial charge in [-0.05, 0) is 49.8 Å². The van der Waals surface area contributed by atoms with Crippen molar-refractivity contribution in [3.8, 4) is 6.07 Å². The zero-order valence-electron chi connectivity index (χ0n) is 12.3. The molecule has 1 aromatic rings. The number of hydrogen-bond donors (Lipinski definition) is 1. The molecule has 0 spiro atoms. The van der Waals surface area contributed by atoms with Crippen molar-refractivity contribution >= 4 is 21.8 Å². The molecule has 114 valence electrons. The third-order valence-corrected chi connectivity index (χ3v) is 6.60. The Morgan fingerprint density at radius 2 is 2.05 bits per heavy atom. The molecule has 1 aliphatic carbocycles. The average Bonchev–Trinajstić information content (AvgIpc) is 2.47. The van der Waals surface area contributed by atoms with E-state index in [4.69, 9.17) is 5.26 Å².